The van der Waals surface area contributed by atoms with E-state index >= 15 is 0 Å². The Morgan fingerprint density at radius 3 is 2.82 bits per heavy atom. The molecule has 0 aliphatic carbocycles. The van der Waals surface area contributed by atoms with Crippen LogP contribution in [0.25, 0.3) is 6.08 Å². The van der Waals surface area contributed by atoms with Crippen LogP contribution in [0.1, 0.15) is 18.3 Å². The van der Waals surface area contributed by atoms with Crippen LogP contribution < -0.4 is 0 Å². The van der Waals surface area contributed by atoms with E-state index in [1.54, 1.807) is 25.1 Å². The molecule has 0 saturated carbocycles. The second kappa shape index (κ2) is 6.15. The molecule has 1 heterocycles. The standard InChI is InChI=1S/C11H12N2O3S/c1-8-11(13(15)16)6-5-10(12-8)4-3-7-17-9(2)14/h3-6H,7H2,1-2H3. The monoisotopic (exact) mass is 252 g/mol. The van der Waals surface area contributed by atoms with Gasteiger partial charge in [0.05, 0.1) is 10.6 Å². The number of pyridine rings is 1. The Bertz CT molecular complexity index is 472. The van der Waals surface area contributed by atoms with Gasteiger partial charge in [0.25, 0.3) is 5.69 Å². The van der Waals surface area contributed by atoms with E-state index < -0.39 is 4.92 Å². The molecular formula is C11H12N2O3S. The third kappa shape index (κ3) is 4.36. The Kier molecular flexibility index (Phi) is 4.84. The lowest BCUT2D eigenvalue weighted by Crippen LogP contribution is -1.95. The van der Waals surface area contributed by atoms with Gasteiger partial charge in [-0.2, -0.15) is 0 Å². The van der Waals surface area contributed by atoms with E-state index in [1.165, 1.54) is 24.8 Å². The van der Waals surface area contributed by atoms with Gasteiger partial charge in [-0.1, -0.05) is 17.8 Å². The highest BCUT2D eigenvalue weighted by molar-refractivity contribution is 8.13. The Balaban J connectivity index is 2.70. The molecule has 5 nitrogen and oxygen atoms in total. The van der Waals surface area contributed by atoms with Crippen LogP contribution in [-0.4, -0.2) is 20.8 Å². The maximum absolute atomic E-state index is 10.7. The molecule has 1 aromatic rings. The largest absolute Gasteiger partial charge is 0.290 e. The minimum Gasteiger partial charge on any atom is -0.288 e. The lowest BCUT2D eigenvalue weighted by atomic mass is 10.2. The van der Waals surface area contributed by atoms with Gasteiger partial charge >= 0.3 is 0 Å². The number of carbonyl (C=O) groups is 1. The number of nitro groups is 1. The van der Waals surface area contributed by atoms with Crippen molar-refractivity contribution in [3.63, 3.8) is 0 Å². The zero-order valence-electron chi connectivity index (χ0n) is 9.54. The molecule has 0 aliphatic heterocycles. The Labute approximate surface area is 103 Å². The van der Waals surface area contributed by atoms with Gasteiger partial charge in [-0.15, -0.1) is 0 Å². The first kappa shape index (κ1) is 13.4. The van der Waals surface area contributed by atoms with Gasteiger partial charge < -0.3 is 0 Å². The summed E-state index contributed by atoms with van der Waals surface area (Å²) in [5.41, 5.74) is 1.05. The van der Waals surface area contributed by atoms with Crippen LogP contribution in [0.2, 0.25) is 0 Å². The summed E-state index contributed by atoms with van der Waals surface area (Å²) >= 11 is 1.20. The van der Waals surface area contributed by atoms with Crippen LogP contribution in [0.5, 0.6) is 0 Å². The van der Waals surface area contributed by atoms with Crippen LogP contribution in [-0.2, 0) is 4.79 Å². The molecule has 0 amide bonds. The zero-order valence-corrected chi connectivity index (χ0v) is 10.4. The average Bonchev–Trinajstić information content (AvgIpc) is 2.23. The molecule has 6 heteroatoms. The fourth-order valence-electron chi connectivity index (χ4n) is 1.19. The molecule has 0 unspecified atom stereocenters. The predicted molar refractivity (Wildman–Crippen MR) is 67.8 cm³/mol. The highest BCUT2D eigenvalue weighted by atomic mass is 32.2. The molecule has 1 aromatic heterocycles. The number of rotatable bonds is 4. The summed E-state index contributed by atoms with van der Waals surface area (Å²) in [4.78, 5) is 24.9. The average molecular weight is 252 g/mol. The molecular weight excluding hydrogens is 240 g/mol. The van der Waals surface area contributed by atoms with Gasteiger partial charge in [-0.25, -0.2) is 4.98 Å². The zero-order chi connectivity index (χ0) is 12.8. The fraction of sp³-hybridized carbons (Fsp3) is 0.273. The molecule has 17 heavy (non-hydrogen) atoms. The first-order chi connectivity index (χ1) is 8.00. The van der Waals surface area contributed by atoms with E-state index in [2.05, 4.69) is 4.98 Å². The Morgan fingerprint density at radius 2 is 2.29 bits per heavy atom. The molecule has 0 fully saturated rings. The molecule has 0 spiro atoms. The Hall–Kier alpha value is -1.69. The van der Waals surface area contributed by atoms with Crippen LogP contribution in [0.3, 0.4) is 0 Å². The molecule has 90 valence electrons. The summed E-state index contributed by atoms with van der Waals surface area (Å²) in [6.45, 7) is 3.10. The number of carbonyl (C=O) groups excluding carboxylic acids is 1. The third-order valence-electron chi connectivity index (χ3n) is 1.95. The van der Waals surface area contributed by atoms with Gasteiger partial charge in [0.2, 0.25) is 0 Å². The summed E-state index contributed by atoms with van der Waals surface area (Å²) in [5.74, 6) is 0.576. The number of hydrogen-bond donors (Lipinski definition) is 0. The van der Waals surface area contributed by atoms with Gasteiger partial charge in [0.15, 0.2) is 5.12 Å². The molecule has 0 atom stereocenters. The van der Waals surface area contributed by atoms with E-state index in [0.717, 1.165) is 0 Å². The van der Waals surface area contributed by atoms with Gasteiger partial charge in [-0.3, -0.25) is 14.9 Å². The van der Waals surface area contributed by atoms with E-state index in [0.29, 0.717) is 17.1 Å². The maximum atomic E-state index is 10.7. The van der Waals surface area contributed by atoms with Crippen molar-refractivity contribution in [2.45, 2.75) is 13.8 Å². The summed E-state index contributed by atoms with van der Waals surface area (Å²) in [6.07, 6.45) is 3.55. The topological polar surface area (TPSA) is 73.1 Å². The number of nitrogens with zero attached hydrogens (tertiary/aromatic N) is 2. The van der Waals surface area contributed by atoms with Crippen molar-refractivity contribution in [3.05, 3.63) is 39.7 Å². The minimum absolute atomic E-state index is 0.0141. The molecule has 0 bridgehead atoms. The number of thioether (sulfide) groups is 1. The SMILES string of the molecule is CC(=O)SCC=Cc1ccc([N+](=O)[O-])c(C)n1. The smallest absolute Gasteiger partial charge is 0.288 e. The fourth-order valence-corrected chi connectivity index (χ4v) is 1.62. The number of aryl methyl sites for hydroxylation is 1. The number of hydrogen-bond acceptors (Lipinski definition) is 5. The van der Waals surface area contributed by atoms with E-state index in [9.17, 15) is 14.9 Å². The second-order valence-electron chi connectivity index (χ2n) is 3.30. The Morgan fingerprint density at radius 1 is 1.59 bits per heavy atom. The lowest BCUT2D eigenvalue weighted by Gasteiger charge is -1.97. The van der Waals surface area contributed by atoms with Crippen molar-refractivity contribution in [3.8, 4) is 0 Å². The third-order valence-corrected chi connectivity index (χ3v) is 2.71. The second-order valence-corrected chi connectivity index (χ2v) is 4.50. The molecule has 0 saturated heterocycles. The van der Waals surface area contributed by atoms with Crippen LogP contribution in [0.4, 0.5) is 5.69 Å². The number of aromatic nitrogens is 1. The van der Waals surface area contributed by atoms with Crippen molar-refractivity contribution in [1.29, 1.82) is 0 Å². The molecule has 0 aliphatic rings. The highest BCUT2D eigenvalue weighted by Crippen LogP contribution is 2.16. The molecule has 1 rings (SSSR count). The molecule has 0 N–H and O–H groups in total. The van der Waals surface area contributed by atoms with Crippen molar-refractivity contribution in [1.82, 2.24) is 4.98 Å². The van der Waals surface area contributed by atoms with Gasteiger partial charge in [0.1, 0.15) is 5.69 Å². The minimum atomic E-state index is -0.457. The summed E-state index contributed by atoms with van der Waals surface area (Å²) in [7, 11) is 0. The van der Waals surface area contributed by atoms with Gasteiger partial charge in [0, 0.05) is 18.7 Å². The molecule has 0 radical (unpaired) electrons. The maximum Gasteiger partial charge on any atom is 0.290 e. The predicted octanol–water partition coefficient (Wildman–Crippen LogP) is 2.59. The lowest BCUT2D eigenvalue weighted by molar-refractivity contribution is -0.385. The normalized spacial score (nSPS) is 10.7. The molecule has 0 aromatic carbocycles. The van der Waals surface area contributed by atoms with E-state index in [-0.39, 0.29) is 10.8 Å². The van der Waals surface area contributed by atoms with Crippen molar-refractivity contribution in [2.24, 2.45) is 0 Å². The first-order valence-corrected chi connectivity index (χ1v) is 5.91. The van der Waals surface area contributed by atoms with Crippen molar-refractivity contribution in [2.75, 3.05) is 5.75 Å². The van der Waals surface area contributed by atoms with Crippen molar-refractivity contribution < 1.29 is 9.72 Å². The quantitative estimate of drug-likeness (QED) is 0.608. The van der Waals surface area contributed by atoms with Crippen LogP contribution in [0, 0.1) is 17.0 Å². The van der Waals surface area contributed by atoms with Gasteiger partial charge in [-0.05, 0) is 19.1 Å². The summed E-state index contributed by atoms with van der Waals surface area (Å²) in [6, 6.07) is 3.01. The van der Waals surface area contributed by atoms with Crippen LogP contribution >= 0.6 is 11.8 Å². The summed E-state index contributed by atoms with van der Waals surface area (Å²) < 4.78 is 0. The van der Waals surface area contributed by atoms with E-state index in [1.807, 2.05) is 0 Å². The van der Waals surface area contributed by atoms with E-state index in [4.69, 9.17) is 0 Å². The summed E-state index contributed by atoms with van der Waals surface area (Å²) in [5, 5.41) is 10.6. The van der Waals surface area contributed by atoms with Crippen molar-refractivity contribution >= 4 is 28.6 Å². The van der Waals surface area contributed by atoms with Crippen LogP contribution in [0.15, 0.2) is 18.2 Å². The first-order valence-electron chi connectivity index (χ1n) is 4.92. The highest BCUT2D eigenvalue weighted by Gasteiger charge is 2.10.